The maximum absolute atomic E-state index is 11.7. The van der Waals surface area contributed by atoms with Crippen LogP contribution in [0.3, 0.4) is 0 Å². The molecule has 7 heteroatoms. The number of benzene rings is 1. The van der Waals surface area contributed by atoms with Crippen LogP contribution in [-0.2, 0) is 9.59 Å². The number of carboxylic acids is 1. The van der Waals surface area contributed by atoms with Crippen molar-refractivity contribution in [2.45, 2.75) is 13.0 Å². The van der Waals surface area contributed by atoms with Crippen LogP contribution in [-0.4, -0.2) is 34.5 Å². The minimum atomic E-state index is -1.07. The summed E-state index contributed by atoms with van der Waals surface area (Å²) in [7, 11) is 0. The summed E-state index contributed by atoms with van der Waals surface area (Å²) >= 11 is 7.02. The maximum Gasteiger partial charge on any atom is 0.321 e. The van der Waals surface area contributed by atoms with Crippen molar-refractivity contribution < 1.29 is 14.7 Å². The zero-order valence-corrected chi connectivity index (χ0v) is 11.9. The summed E-state index contributed by atoms with van der Waals surface area (Å²) in [5, 5.41) is 11.9. The lowest BCUT2D eigenvalue weighted by atomic mass is 10.2. The number of thioether (sulfide) groups is 1. The van der Waals surface area contributed by atoms with E-state index in [9.17, 15) is 9.59 Å². The van der Waals surface area contributed by atoms with Gasteiger partial charge < -0.3 is 16.2 Å². The smallest absolute Gasteiger partial charge is 0.321 e. The normalized spacial score (nSPS) is 11.9. The number of nitrogens with two attached hydrogens (primary N) is 1. The van der Waals surface area contributed by atoms with Gasteiger partial charge in [-0.15, -0.1) is 11.8 Å². The highest BCUT2D eigenvalue weighted by Crippen LogP contribution is 2.20. The summed E-state index contributed by atoms with van der Waals surface area (Å²) in [5.74, 6) is -0.948. The number of hydrogen-bond acceptors (Lipinski definition) is 4. The Bertz CT molecular complexity index is 482. The van der Waals surface area contributed by atoms with E-state index in [4.69, 9.17) is 22.4 Å². The van der Waals surface area contributed by atoms with Crippen LogP contribution in [0.4, 0.5) is 5.69 Å². The molecule has 4 N–H and O–H groups in total. The topological polar surface area (TPSA) is 92.4 Å². The molecule has 0 aromatic heterocycles. The molecule has 1 unspecified atom stereocenters. The highest BCUT2D eigenvalue weighted by molar-refractivity contribution is 8.00. The van der Waals surface area contributed by atoms with Crippen LogP contribution >= 0.6 is 23.4 Å². The van der Waals surface area contributed by atoms with Crippen molar-refractivity contribution in [2.75, 3.05) is 16.8 Å². The fourth-order valence-corrected chi connectivity index (χ4v) is 2.21. The second-order valence-corrected chi connectivity index (χ2v) is 5.43. The Morgan fingerprint density at radius 3 is 2.84 bits per heavy atom. The lowest BCUT2D eigenvalue weighted by Gasteiger charge is -2.09. The molecule has 1 aromatic rings. The van der Waals surface area contributed by atoms with Crippen molar-refractivity contribution in [1.29, 1.82) is 0 Å². The van der Waals surface area contributed by atoms with E-state index in [1.165, 1.54) is 11.8 Å². The van der Waals surface area contributed by atoms with Gasteiger partial charge in [-0.3, -0.25) is 9.59 Å². The summed E-state index contributed by atoms with van der Waals surface area (Å²) in [5.41, 5.74) is 6.89. The molecule has 0 saturated carbocycles. The molecule has 1 aromatic carbocycles. The molecular weight excluding hydrogens is 288 g/mol. The molecule has 0 aliphatic carbocycles. The molecule has 5 nitrogen and oxygen atoms in total. The van der Waals surface area contributed by atoms with Gasteiger partial charge in [0.05, 0.1) is 5.75 Å². The lowest BCUT2D eigenvalue weighted by Crippen LogP contribution is -2.33. The average Bonchev–Trinajstić information content (AvgIpc) is 2.33. The number of carboxylic acid groups (broad SMARTS) is 1. The molecule has 0 fully saturated rings. The molecule has 1 atom stereocenters. The highest BCUT2D eigenvalue weighted by Gasteiger charge is 2.12. The van der Waals surface area contributed by atoms with Gasteiger partial charge in [-0.2, -0.15) is 0 Å². The molecule has 104 valence electrons. The first-order chi connectivity index (χ1) is 8.90. The van der Waals surface area contributed by atoms with Gasteiger partial charge in [0.2, 0.25) is 5.91 Å². The molecule has 0 radical (unpaired) electrons. The molecule has 1 rings (SSSR count). The number of hydrogen-bond donors (Lipinski definition) is 3. The molecule has 0 heterocycles. The van der Waals surface area contributed by atoms with E-state index >= 15 is 0 Å². The Hall–Kier alpha value is -1.24. The van der Waals surface area contributed by atoms with Crippen molar-refractivity contribution in [2.24, 2.45) is 5.73 Å². The molecule has 0 aliphatic heterocycles. The number of aliphatic carboxylic acids is 1. The number of halogens is 1. The Morgan fingerprint density at radius 1 is 1.53 bits per heavy atom. The van der Waals surface area contributed by atoms with Crippen LogP contribution in [0, 0.1) is 6.92 Å². The maximum atomic E-state index is 11.7. The van der Waals surface area contributed by atoms with Crippen molar-refractivity contribution in [1.82, 2.24) is 0 Å². The van der Waals surface area contributed by atoms with E-state index in [-0.39, 0.29) is 17.4 Å². The quantitative estimate of drug-likeness (QED) is 0.744. The molecule has 0 spiro atoms. The van der Waals surface area contributed by atoms with E-state index < -0.39 is 12.0 Å². The van der Waals surface area contributed by atoms with E-state index in [0.717, 1.165) is 5.56 Å². The molecule has 0 aliphatic rings. The van der Waals surface area contributed by atoms with Crippen LogP contribution in [0.1, 0.15) is 5.56 Å². The SMILES string of the molecule is Cc1ccc(Cl)cc1NC(=O)CSCC(N)C(=O)O. The second kappa shape index (κ2) is 7.37. The molecule has 0 saturated heterocycles. The van der Waals surface area contributed by atoms with Crippen LogP contribution < -0.4 is 11.1 Å². The van der Waals surface area contributed by atoms with Gasteiger partial charge in [-0.25, -0.2) is 0 Å². The Kier molecular flexibility index (Phi) is 6.14. The summed E-state index contributed by atoms with van der Waals surface area (Å²) < 4.78 is 0. The van der Waals surface area contributed by atoms with E-state index in [1.54, 1.807) is 12.1 Å². The zero-order chi connectivity index (χ0) is 14.4. The number of carbonyl (C=O) groups excluding carboxylic acids is 1. The lowest BCUT2D eigenvalue weighted by molar-refractivity contribution is -0.137. The zero-order valence-electron chi connectivity index (χ0n) is 10.4. The van der Waals surface area contributed by atoms with Crippen molar-refractivity contribution in [3.8, 4) is 0 Å². The first-order valence-electron chi connectivity index (χ1n) is 5.52. The third-order valence-corrected chi connectivity index (χ3v) is 3.62. The Morgan fingerprint density at radius 2 is 2.21 bits per heavy atom. The van der Waals surface area contributed by atoms with Gasteiger partial charge in [0, 0.05) is 16.5 Å². The summed E-state index contributed by atoms with van der Waals surface area (Å²) in [4.78, 5) is 22.2. The summed E-state index contributed by atoms with van der Waals surface area (Å²) in [6, 6.07) is 4.27. The van der Waals surface area contributed by atoms with Crippen molar-refractivity contribution in [3.05, 3.63) is 28.8 Å². The number of anilines is 1. The number of aryl methyl sites for hydroxylation is 1. The van der Waals surface area contributed by atoms with E-state index in [2.05, 4.69) is 5.32 Å². The molecule has 1 amide bonds. The predicted octanol–water partition coefficient (Wildman–Crippen LogP) is 1.73. The third-order valence-electron chi connectivity index (χ3n) is 2.32. The van der Waals surface area contributed by atoms with Crippen molar-refractivity contribution in [3.63, 3.8) is 0 Å². The largest absolute Gasteiger partial charge is 0.480 e. The Balaban J connectivity index is 2.43. The van der Waals surface area contributed by atoms with Crippen LogP contribution in [0.2, 0.25) is 5.02 Å². The van der Waals surface area contributed by atoms with Gasteiger partial charge >= 0.3 is 5.97 Å². The van der Waals surface area contributed by atoms with Crippen LogP contribution in [0.15, 0.2) is 18.2 Å². The average molecular weight is 303 g/mol. The fourth-order valence-electron chi connectivity index (χ4n) is 1.27. The van der Waals surface area contributed by atoms with Gasteiger partial charge in [-0.05, 0) is 24.6 Å². The first-order valence-corrected chi connectivity index (χ1v) is 7.05. The van der Waals surface area contributed by atoms with Crippen molar-refractivity contribution >= 4 is 40.9 Å². The third kappa shape index (κ3) is 5.50. The Labute approximate surface area is 120 Å². The van der Waals surface area contributed by atoms with Crippen LogP contribution in [0.5, 0.6) is 0 Å². The summed E-state index contributed by atoms with van der Waals surface area (Å²) in [6.45, 7) is 1.86. The minimum Gasteiger partial charge on any atom is -0.480 e. The summed E-state index contributed by atoms with van der Waals surface area (Å²) in [6.07, 6.45) is 0. The minimum absolute atomic E-state index is 0.146. The number of rotatable bonds is 6. The molecule has 19 heavy (non-hydrogen) atoms. The standard InChI is InChI=1S/C12H15ClN2O3S/c1-7-2-3-8(13)4-10(7)15-11(16)6-19-5-9(14)12(17)18/h2-4,9H,5-6,14H2,1H3,(H,15,16)(H,17,18). The van der Waals surface area contributed by atoms with Gasteiger partial charge in [-0.1, -0.05) is 17.7 Å². The predicted molar refractivity (Wildman–Crippen MR) is 77.8 cm³/mol. The fraction of sp³-hybridized carbons (Fsp3) is 0.333. The van der Waals surface area contributed by atoms with E-state index in [0.29, 0.717) is 10.7 Å². The second-order valence-electron chi connectivity index (χ2n) is 3.97. The number of carbonyl (C=O) groups is 2. The molecule has 0 bridgehead atoms. The highest BCUT2D eigenvalue weighted by atomic mass is 35.5. The first kappa shape index (κ1) is 15.8. The number of nitrogens with one attached hydrogen (secondary N) is 1. The van der Waals surface area contributed by atoms with Crippen LogP contribution in [0.25, 0.3) is 0 Å². The van der Waals surface area contributed by atoms with Gasteiger partial charge in [0.15, 0.2) is 0 Å². The number of amides is 1. The van der Waals surface area contributed by atoms with Gasteiger partial charge in [0.25, 0.3) is 0 Å². The monoisotopic (exact) mass is 302 g/mol. The molecular formula is C12H15ClN2O3S. The van der Waals surface area contributed by atoms with Gasteiger partial charge in [0.1, 0.15) is 6.04 Å². The van der Waals surface area contributed by atoms with E-state index in [1.807, 2.05) is 13.0 Å².